The van der Waals surface area contributed by atoms with E-state index in [4.69, 9.17) is 0 Å². The summed E-state index contributed by atoms with van der Waals surface area (Å²) in [6, 6.07) is 16.9. The third-order valence-corrected chi connectivity index (χ3v) is 7.21. The third-order valence-electron chi connectivity index (χ3n) is 7.21. The molecule has 1 heterocycles. The van der Waals surface area contributed by atoms with Gasteiger partial charge in [-0.3, -0.25) is 4.79 Å². The maximum absolute atomic E-state index is 12.4. The number of rotatable bonds is 5. The van der Waals surface area contributed by atoms with E-state index in [1.807, 2.05) is 6.20 Å². The van der Waals surface area contributed by atoms with Crippen LogP contribution in [0.2, 0.25) is 0 Å². The molecule has 0 unspecified atom stereocenters. The van der Waals surface area contributed by atoms with Gasteiger partial charge >= 0.3 is 6.18 Å². The largest absolute Gasteiger partial charge is 0.512 e. The number of aryl methyl sites for hydroxylation is 2. The number of fused-ring (bicyclic) bond motifs is 1. The van der Waals surface area contributed by atoms with Crippen molar-refractivity contribution < 1.29 is 43.2 Å². The smallest absolute Gasteiger partial charge is 0.401 e. The number of nitrogens with zero attached hydrogens (tertiary/aromatic N) is 1. The Morgan fingerprint density at radius 1 is 1.08 bits per heavy atom. The van der Waals surface area contributed by atoms with Crippen molar-refractivity contribution in [3.63, 3.8) is 0 Å². The van der Waals surface area contributed by atoms with Gasteiger partial charge in [-0.05, 0) is 60.7 Å². The normalized spacial score (nSPS) is 14.7. The summed E-state index contributed by atoms with van der Waals surface area (Å²) in [5, 5.41) is 11.7. The Balaban J connectivity index is 0.000000294. The van der Waals surface area contributed by atoms with Crippen LogP contribution >= 0.6 is 0 Å². The minimum atomic E-state index is -4.61. The average Bonchev–Trinajstić information content (AvgIpc) is 3.37. The number of aliphatic hydroxyl groups excluding tert-OH is 1. The van der Waals surface area contributed by atoms with Crippen LogP contribution in [0.25, 0.3) is 22.0 Å². The molecular formula is C32H37F3IrNO2-. The molecule has 3 nitrogen and oxygen atoms in total. The molecule has 2 aromatic carbocycles. The van der Waals surface area contributed by atoms with Gasteiger partial charge in [-0.15, -0.1) is 34.9 Å². The number of carbonyl (C=O) groups is 1. The molecule has 213 valence electrons. The number of alkyl halides is 3. The van der Waals surface area contributed by atoms with Gasteiger partial charge < -0.3 is 10.1 Å². The summed E-state index contributed by atoms with van der Waals surface area (Å²) in [7, 11) is 0. The van der Waals surface area contributed by atoms with Crippen molar-refractivity contribution in [2.75, 3.05) is 0 Å². The summed E-state index contributed by atoms with van der Waals surface area (Å²) < 4.78 is 37.2. The van der Waals surface area contributed by atoms with Gasteiger partial charge in [0.15, 0.2) is 5.78 Å². The van der Waals surface area contributed by atoms with Crippen LogP contribution in [0.4, 0.5) is 13.2 Å². The molecule has 1 aliphatic carbocycles. The first-order valence-electron chi connectivity index (χ1n) is 13.1. The van der Waals surface area contributed by atoms with E-state index in [2.05, 4.69) is 61.3 Å². The summed E-state index contributed by atoms with van der Waals surface area (Å²) >= 11 is 0. The molecule has 1 saturated carbocycles. The van der Waals surface area contributed by atoms with E-state index in [9.17, 15) is 23.1 Å². The molecular weight excluding hydrogens is 680 g/mol. The van der Waals surface area contributed by atoms with E-state index < -0.39 is 17.4 Å². The van der Waals surface area contributed by atoms with E-state index in [1.54, 1.807) is 13.8 Å². The number of allylic oxidation sites excluding steroid dienone is 2. The van der Waals surface area contributed by atoms with Gasteiger partial charge in [-0.1, -0.05) is 58.7 Å². The molecule has 0 spiro atoms. The molecule has 0 atom stereocenters. The van der Waals surface area contributed by atoms with E-state index in [1.165, 1.54) is 53.1 Å². The molecule has 39 heavy (non-hydrogen) atoms. The zero-order chi connectivity index (χ0) is 28.3. The number of carbonyl (C=O) groups excluding carboxylic acids is 1. The molecule has 3 aromatic rings. The van der Waals surface area contributed by atoms with Crippen LogP contribution < -0.4 is 0 Å². The minimum absolute atomic E-state index is 0. The first-order chi connectivity index (χ1) is 17.7. The number of aromatic nitrogens is 1. The van der Waals surface area contributed by atoms with Crippen molar-refractivity contribution in [1.82, 2.24) is 4.98 Å². The summed E-state index contributed by atoms with van der Waals surface area (Å²) in [4.78, 5) is 15.9. The predicted octanol–water partition coefficient (Wildman–Crippen LogP) is 9.22. The van der Waals surface area contributed by atoms with E-state index >= 15 is 0 Å². The molecule has 1 aromatic heterocycles. The monoisotopic (exact) mass is 717 g/mol. The Labute approximate surface area is 243 Å². The maximum atomic E-state index is 12.4. The van der Waals surface area contributed by atoms with Gasteiger partial charge in [-0.25, -0.2) is 0 Å². The molecule has 1 N–H and O–H groups in total. The topological polar surface area (TPSA) is 50.2 Å². The van der Waals surface area contributed by atoms with Crippen molar-refractivity contribution >= 4 is 16.6 Å². The summed E-state index contributed by atoms with van der Waals surface area (Å²) in [6.07, 6.45) is 3.41. The molecule has 0 aliphatic heterocycles. The fraction of sp³-hybridized carbons (Fsp3) is 0.438. The number of hydrogen-bond acceptors (Lipinski definition) is 3. The van der Waals surface area contributed by atoms with Crippen LogP contribution in [0, 0.1) is 31.2 Å². The zero-order valence-electron chi connectivity index (χ0n) is 23.4. The van der Waals surface area contributed by atoms with Crippen molar-refractivity contribution in [2.45, 2.75) is 79.3 Å². The van der Waals surface area contributed by atoms with Crippen LogP contribution in [0.5, 0.6) is 0 Å². The van der Waals surface area contributed by atoms with Gasteiger partial charge in [0.1, 0.15) is 5.41 Å². The van der Waals surface area contributed by atoms with Crippen molar-refractivity contribution in [3.05, 3.63) is 77.2 Å². The number of pyridine rings is 1. The van der Waals surface area contributed by atoms with Crippen LogP contribution in [-0.2, 0) is 24.9 Å². The summed E-state index contributed by atoms with van der Waals surface area (Å²) in [6.45, 7) is 8.98. The van der Waals surface area contributed by atoms with Crippen LogP contribution in [-0.4, -0.2) is 22.1 Å². The second kappa shape index (κ2) is 13.2. The summed E-state index contributed by atoms with van der Waals surface area (Å²) in [5.74, 6) is -1.08. The van der Waals surface area contributed by atoms with E-state index in [0.717, 1.165) is 31.0 Å². The van der Waals surface area contributed by atoms with Crippen LogP contribution in [0.15, 0.2) is 54.4 Å². The number of halogens is 3. The molecule has 1 aliphatic rings. The van der Waals surface area contributed by atoms with Crippen LogP contribution in [0.3, 0.4) is 0 Å². The Bertz CT molecular complexity index is 1300. The van der Waals surface area contributed by atoms with Gasteiger partial charge in [0.25, 0.3) is 0 Å². The SMILES string of the molecule is CC(C)/C(O)=C/C(=O)C(C)(C)C(F)(F)F.Cc1[c-]c(-c2nccc3cc(C4CCCC4)ccc23)cc(C)c1.[Ir]. The predicted molar refractivity (Wildman–Crippen MR) is 147 cm³/mol. The zero-order valence-corrected chi connectivity index (χ0v) is 25.8. The fourth-order valence-corrected chi connectivity index (χ4v) is 4.57. The van der Waals surface area contributed by atoms with Gasteiger partial charge in [0.2, 0.25) is 0 Å². The van der Waals surface area contributed by atoms with Crippen LogP contribution in [0.1, 0.15) is 76.0 Å². The second-order valence-corrected chi connectivity index (χ2v) is 11.1. The number of benzene rings is 2. The van der Waals surface area contributed by atoms with Gasteiger partial charge in [0, 0.05) is 38.3 Å². The molecule has 0 amide bonds. The molecule has 1 fully saturated rings. The van der Waals surface area contributed by atoms with E-state index in [0.29, 0.717) is 6.08 Å². The Morgan fingerprint density at radius 3 is 2.28 bits per heavy atom. The standard InChI is InChI=1S/C22H22N.C10H15F3O2.Ir/c1-15-11-16(2)13-20(12-15)22-21-8-7-18(17-5-3-4-6-17)14-19(21)9-10-23-22;1-6(2)7(14)5-8(15)9(3,4)10(11,12)13;/h7-12,14,17H,3-6H2,1-2H3;5-6,14H,1-4H3;/q-1;;/b;7-5-;. The van der Waals surface area contributed by atoms with Crippen molar-refractivity contribution in [2.24, 2.45) is 11.3 Å². The molecule has 4 rings (SSSR count). The Morgan fingerprint density at radius 2 is 1.72 bits per heavy atom. The van der Waals surface area contributed by atoms with Gasteiger partial charge in [-0.2, -0.15) is 13.2 Å². The first-order valence-corrected chi connectivity index (χ1v) is 13.1. The van der Waals surface area contributed by atoms with E-state index in [-0.39, 0.29) is 31.8 Å². The number of ketones is 1. The molecule has 7 heteroatoms. The molecule has 1 radical (unpaired) electrons. The number of hydrogen-bond donors (Lipinski definition) is 1. The number of aliphatic hydroxyl groups is 1. The molecule has 0 saturated heterocycles. The maximum Gasteiger partial charge on any atom is 0.401 e. The molecule has 0 bridgehead atoms. The van der Waals surface area contributed by atoms with Gasteiger partial charge in [0.05, 0.1) is 5.76 Å². The first kappa shape index (κ1) is 32.7. The second-order valence-electron chi connectivity index (χ2n) is 11.1. The quantitative estimate of drug-likeness (QED) is 0.163. The van der Waals surface area contributed by atoms with Crippen molar-refractivity contribution in [1.29, 1.82) is 0 Å². The van der Waals surface area contributed by atoms with Crippen molar-refractivity contribution in [3.8, 4) is 11.3 Å². The Kier molecular flexibility index (Phi) is 11.1. The average molecular weight is 717 g/mol. The summed E-state index contributed by atoms with van der Waals surface area (Å²) in [5.41, 5.74) is 3.61. The Hall–Kier alpha value is -2.50. The third kappa shape index (κ3) is 8.02. The fourth-order valence-electron chi connectivity index (χ4n) is 4.57. The minimum Gasteiger partial charge on any atom is -0.512 e.